The Morgan fingerprint density at radius 2 is 1.68 bits per heavy atom. The fourth-order valence-corrected chi connectivity index (χ4v) is 5.48. The van der Waals surface area contributed by atoms with Crippen LogP contribution in [0.15, 0.2) is 29.2 Å². The fourth-order valence-electron chi connectivity index (χ4n) is 3.55. The molecule has 1 aliphatic carbocycles. The zero-order valence-electron chi connectivity index (χ0n) is 14.9. The van der Waals surface area contributed by atoms with Gasteiger partial charge >= 0.3 is 0 Å². The van der Waals surface area contributed by atoms with Gasteiger partial charge in [-0.25, -0.2) is 8.42 Å². The molecule has 1 saturated heterocycles. The van der Waals surface area contributed by atoms with Crippen molar-refractivity contribution in [2.45, 2.75) is 49.6 Å². The molecular formula is C18H27N3O3S. The van der Waals surface area contributed by atoms with Crippen molar-refractivity contribution in [2.75, 3.05) is 26.7 Å². The number of rotatable bonds is 6. The monoisotopic (exact) mass is 365 g/mol. The molecule has 0 bridgehead atoms. The molecule has 1 heterocycles. The third kappa shape index (κ3) is 3.88. The van der Waals surface area contributed by atoms with Crippen LogP contribution >= 0.6 is 0 Å². The molecule has 2 fully saturated rings. The molecule has 1 saturated carbocycles. The number of hydrogen-bond donors (Lipinski definition) is 1. The quantitative estimate of drug-likeness (QED) is 0.833. The maximum atomic E-state index is 13.2. The molecule has 0 aromatic heterocycles. The minimum absolute atomic E-state index is 0.0823. The molecule has 138 valence electrons. The molecule has 25 heavy (non-hydrogen) atoms. The van der Waals surface area contributed by atoms with Crippen LogP contribution in [0.25, 0.3) is 0 Å². The molecular weight excluding hydrogens is 338 g/mol. The maximum absolute atomic E-state index is 13.2. The van der Waals surface area contributed by atoms with Crippen LogP contribution in [0.2, 0.25) is 0 Å². The van der Waals surface area contributed by atoms with Gasteiger partial charge < -0.3 is 10.2 Å². The molecule has 0 spiro atoms. The van der Waals surface area contributed by atoms with E-state index in [0.717, 1.165) is 45.3 Å². The lowest BCUT2D eigenvalue weighted by atomic mass is 10.1. The Hall–Kier alpha value is -1.44. The number of sulfonamides is 1. The fraction of sp³-hybridized carbons (Fsp3) is 0.611. The molecule has 0 radical (unpaired) electrons. The van der Waals surface area contributed by atoms with Gasteiger partial charge in [0.1, 0.15) is 0 Å². The Morgan fingerprint density at radius 1 is 1.12 bits per heavy atom. The predicted octanol–water partition coefficient (Wildman–Crippen LogP) is 1.68. The molecule has 1 aromatic carbocycles. The summed E-state index contributed by atoms with van der Waals surface area (Å²) in [5.74, 6) is -0.213. The van der Waals surface area contributed by atoms with E-state index in [2.05, 4.69) is 17.1 Å². The Bertz CT molecular complexity index is 706. The van der Waals surface area contributed by atoms with Gasteiger partial charge in [-0.1, -0.05) is 6.92 Å². The summed E-state index contributed by atoms with van der Waals surface area (Å²) in [6, 6.07) is 6.49. The first-order valence-electron chi connectivity index (χ1n) is 9.05. The lowest BCUT2D eigenvalue weighted by molar-refractivity contribution is 0.0963. The number of benzene rings is 1. The highest BCUT2D eigenvalue weighted by Gasteiger charge is 2.43. The number of carbonyl (C=O) groups is 1. The van der Waals surface area contributed by atoms with Gasteiger partial charge in [0.05, 0.1) is 4.90 Å². The first kappa shape index (κ1) is 18.4. The lowest BCUT2D eigenvalue weighted by Crippen LogP contribution is -2.48. The van der Waals surface area contributed by atoms with E-state index in [1.54, 1.807) is 35.6 Å². The van der Waals surface area contributed by atoms with Crippen LogP contribution in [-0.2, 0) is 10.0 Å². The molecule has 7 heteroatoms. The van der Waals surface area contributed by atoms with Crippen LogP contribution in [0, 0.1) is 0 Å². The molecule has 0 unspecified atom stereocenters. The van der Waals surface area contributed by atoms with Crippen LogP contribution in [0.4, 0.5) is 0 Å². The molecule has 1 N–H and O–H groups in total. The van der Waals surface area contributed by atoms with Crippen molar-refractivity contribution in [3.63, 3.8) is 0 Å². The highest BCUT2D eigenvalue weighted by Crippen LogP contribution is 2.36. The van der Waals surface area contributed by atoms with Crippen LogP contribution in [0.3, 0.4) is 0 Å². The smallest absolute Gasteiger partial charge is 0.251 e. The summed E-state index contributed by atoms with van der Waals surface area (Å²) in [7, 11) is -1.97. The van der Waals surface area contributed by atoms with Crippen LogP contribution < -0.4 is 5.32 Å². The second-order valence-electron chi connectivity index (χ2n) is 6.84. The third-order valence-corrected chi connectivity index (χ3v) is 7.21. The second kappa shape index (κ2) is 7.43. The van der Waals surface area contributed by atoms with E-state index in [1.165, 1.54) is 0 Å². The van der Waals surface area contributed by atoms with Crippen molar-refractivity contribution in [3.8, 4) is 0 Å². The number of nitrogens with zero attached hydrogens (tertiary/aromatic N) is 2. The molecule has 1 amide bonds. The van der Waals surface area contributed by atoms with E-state index in [0.29, 0.717) is 5.56 Å². The van der Waals surface area contributed by atoms with E-state index < -0.39 is 10.0 Å². The number of amides is 1. The number of likely N-dealkylation sites (tertiary alicyclic amines) is 1. The van der Waals surface area contributed by atoms with Crippen molar-refractivity contribution in [2.24, 2.45) is 0 Å². The SMILES string of the molecule is CCN1CCC(N(C2CC2)S(=O)(=O)c2ccc(C(=O)NC)cc2)CC1. The van der Waals surface area contributed by atoms with Gasteiger partial charge in [0.25, 0.3) is 5.91 Å². The molecule has 3 rings (SSSR count). The largest absolute Gasteiger partial charge is 0.355 e. The average molecular weight is 365 g/mol. The normalized spacial score (nSPS) is 20.0. The topological polar surface area (TPSA) is 69.7 Å². The number of piperidine rings is 1. The van der Waals surface area contributed by atoms with Gasteiger partial charge in [-0.3, -0.25) is 4.79 Å². The van der Waals surface area contributed by atoms with E-state index in [4.69, 9.17) is 0 Å². The molecule has 0 atom stereocenters. The first-order chi connectivity index (χ1) is 12.0. The predicted molar refractivity (Wildman–Crippen MR) is 97.0 cm³/mol. The maximum Gasteiger partial charge on any atom is 0.251 e. The molecule has 6 nitrogen and oxygen atoms in total. The molecule has 1 aliphatic heterocycles. The Labute approximate surface area is 150 Å². The van der Waals surface area contributed by atoms with Crippen LogP contribution in [0.1, 0.15) is 43.0 Å². The van der Waals surface area contributed by atoms with Crippen LogP contribution in [-0.4, -0.2) is 62.3 Å². The minimum atomic E-state index is -3.53. The summed E-state index contributed by atoms with van der Waals surface area (Å²) >= 11 is 0. The Kier molecular flexibility index (Phi) is 5.46. The van der Waals surface area contributed by atoms with Crippen LogP contribution in [0.5, 0.6) is 0 Å². The molecule has 1 aromatic rings. The van der Waals surface area contributed by atoms with Crippen molar-refractivity contribution >= 4 is 15.9 Å². The van der Waals surface area contributed by atoms with Gasteiger partial charge in [0.2, 0.25) is 10.0 Å². The van der Waals surface area contributed by atoms with Crippen molar-refractivity contribution in [1.29, 1.82) is 0 Å². The van der Waals surface area contributed by atoms with Gasteiger partial charge in [0, 0.05) is 24.7 Å². The highest BCUT2D eigenvalue weighted by atomic mass is 32.2. The summed E-state index contributed by atoms with van der Waals surface area (Å²) in [5.41, 5.74) is 0.468. The van der Waals surface area contributed by atoms with Gasteiger partial charge in [-0.15, -0.1) is 0 Å². The Balaban J connectivity index is 1.82. The van der Waals surface area contributed by atoms with Crippen molar-refractivity contribution in [1.82, 2.24) is 14.5 Å². The minimum Gasteiger partial charge on any atom is -0.355 e. The zero-order valence-corrected chi connectivity index (χ0v) is 15.8. The van der Waals surface area contributed by atoms with E-state index >= 15 is 0 Å². The van der Waals surface area contributed by atoms with Gasteiger partial charge in [0.15, 0.2) is 0 Å². The van der Waals surface area contributed by atoms with E-state index in [-0.39, 0.29) is 22.9 Å². The Morgan fingerprint density at radius 3 is 2.16 bits per heavy atom. The third-order valence-electron chi connectivity index (χ3n) is 5.19. The zero-order chi connectivity index (χ0) is 18.0. The standard InChI is InChI=1S/C18H27N3O3S/c1-3-20-12-10-16(11-13-20)21(15-6-7-15)25(23,24)17-8-4-14(5-9-17)18(22)19-2/h4-5,8-9,15-16H,3,6-7,10-13H2,1-2H3,(H,19,22). The second-order valence-corrected chi connectivity index (χ2v) is 8.68. The van der Waals surface area contributed by atoms with Gasteiger partial charge in [-0.2, -0.15) is 4.31 Å². The van der Waals surface area contributed by atoms with Crippen molar-refractivity contribution in [3.05, 3.63) is 29.8 Å². The first-order valence-corrected chi connectivity index (χ1v) is 10.5. The summed E-state index contributed by atoms with van der Waals surface area (Å²) in [5, 5.41) is 2.55. The summed E-state index contributed by atoms with van der Waals surface area (Å²) in [6.07, 6.45) is 3.67. The summed E-state index contributed by atoms with van der Waals surface area (Å²) in [6.45, 7) is 5.07. The number of carbonyl (C=O) groups excluding carboxylic acids is 1. The molecule has 2 aliphatic rings. The van der Waals surface area contributed by atoms with Crippen molar-refractivity contribution < 1.29 is 13.2 Å². The number of hydrogen-bond acceptors (Lipinski definition) is 4. The summed E-state index contributed by atoms with van der Waals surface area (Å²) in [4.78, 5) is 14.3. The van der Waals surface area contributed by atoms with E-state index in [1.807, 2.05) is 0 Å². The van der Waals surface area contributed by atoms with E-state index in [9.17, 15) is 13.2 Å². The lowest BCUT2D eigenvalue weighted by Gasteiger charge is -2.37. The number of nitrogens with one attached hydrogen (secondary N) is 1. The highest BCUT2D eigenvalue weighted by molar-refractivity contribution is 7.89. The summed E-state index contributed by atoms with van der Waals surface area (Å²) < 4.78 is 28.2. The average Bonchev–Trinajstić information content (AvgIpc) is 3.46. The van der Waals surface area contributed by atoms with Gasteiger partial charge in [-0.05, 0) is 69.6 Å².